The summed E-state index contributed by atoms with van der Waals surface area (Å²) in [5, 5.41) is 1.24. The van der Waals surface area contributed by atoms with Crippen LogP contribution in [-0.4, -0.2) is 54.0 Å². The lowest BCUT2D eigenvalue weighted by Gasteiger charge is -2.14. The Balaban J connectivity index is 2.84. The molecule has 0 aliphatic rings. The lowest BCUT2D eigenvalue weighted by Crippen LogP contribution is -2.35. The number of benzene rings is 1. The van der Waals surface area contributed by atoms with Crippen molar-refractivity contribution in [3.63, 3.8) is 0 Å². The zero-order chi connectivity index (χ0) is 18.5. The number of ether oxygens (including phenoxy) is 1. The zero-order valence-electron chi connectivity index (χ0n) is 13.9. The molecule has 8 nitrogen and oxygen atoms in total. The molecular formula is C14H22N2O6S2. The summed E-state index contributed by atoms with van der Waals surface area (Å²) in [6.07, 6.45) is 0.972. The van der Waals surface area contributed by atoms with Gasteiger partial charge in [-0.2, -0.15) is 0 Å². The van der Waals surface area contributed by atoms with E-state index >= 15 is 0 Å². The van der Waals surface area contributed by atoms with Gasteiger partial charge in [-0.25, -0.2) is 21.6 Å². The van der Waals surface area contributed by atoms with Crippen LogP contribution in [0.4, 0.5) is 5.69 Å². The molecule has 1 aromatic rings. The van der Waals surface area contributed by atoms with Crippen LogP contribution in [0.25, 0.3) is 0 Å². The van der Waals surface area contributed by atoms with Gasteiger partial charge in [0.05, 0.1) is 11.5 Å². The summed E-state index contributed by atoms with van der Waals surface area (Å²) in [7, 11) is -5.74. The summed E-state index contributed by atoms with van der Waals surface area (Å²) in [6, 6.07) is 5.03. The number of methoxy groups -OCH3 is 1. The fourth-order valence-electron chi connectivity index (χ4n) is 1.77. The number of carbonyl (C=O) groups excluding carboxylic acids is 1. The lowest BCUT2D eigenvalue weighted by molar-refractivity contribution is -0.115. The van der Waals surface area contributed by atoms with Crippen molar-refractivity contribution in [1.29, 1.82) is 0 Å². The van der Waals surface area contributed by atoms with Crippen molar-refractivity contribution < 1.29 is 26.4 Å². The lowest BCUT2D eigenvalue weighted by atomic mass is 10.3. The van der Waals surface area contributed by atoms with Gasteiger partial charge in [0.25, 0.3) is 0 Å². The molecule has 0 spiro atoms. The van der Waals surface area contributed by atoms with E-state index in [1.807, 2.05) is 0 Å². The fourth-order valence-corrected chi connectivity index (χ4v) is 3.45. The Morgan fingerprint density at radius 2 is 1.67 bits per heavy atom. The maximum Gasteiger partial charge on any atom is 0.242 e. The Morgan fingerprint density at radius 1 is 1.12 bits per heavy atom. The second-order valence-corrected chi connectivity index (χ2v) is 9.54. The molecule has 1 rings (SSSR count). The predicted octanol–water partition coefficient (Wildman–Crippen LogP) is 0.371. The Morgan fingerprint density at radius 3 is 2.12 bits per heavy atom. The first kappa shape index (κ1) is 20.6. The number of hydrogen-bond donors (Lipinski definition) is 2. The monoisotopic (exact) mass is 378 g/mol. The summed E-state index contributed by atoms with van der Waals surface area (Å²) in [4.78, 5) is 11.9. The predicted molar refractivity (Wildman–Crippen MR) is 91.0 cm³/mol. The van der Waals surface area contributed by atoms with Crippen molar-refractivity contribution in [1.82, 2.24) is 4.72 Å². The molecule has 0 saturated carbocycles. The molecule has 2 unspecified atom stereocenters. The number of anilines is 1. The average Bonchev–Trinajstić information content (AvgIpc) is 2.45. The highest BCUT2D eigenvalue weighted by Gasteiger charge is 2.23. The van der Waals surface area contributed by atoms with Gasteiger partial charge in [-0.1, -0.05) is 0 Å². The van der Waals surface area contributed by atoms with Crippen LogP contribution >= 0.6 is 0 Å². The minimum atomic E-state index is -3.71. The second kappa shape index (κ2) is 8.06. The van der Waals surface area contributed by atoms with Gasteiger partial charge in [-0.15, -0.1) is 0 Å². The van der Waals surface area contributed by atoms with E-state index in [1.165, 1.54) is 38.3 Å². The van der Waals surface area contributed by atoms with E-state index in [0.717, 1.165) is 6.26 Å². The molecule has 2 atom stereocenters. The van der Waals surface area contributed by atoms with Crippen LogP contribution < -0.4 is 10.0 Å². The Kier molecular flexibility index (Phi) is 6.90. The topological polar surface area (TPSA) is 119 Å². The van der Waals surface area contributed by atoms with Gasteiger partial charge in [0.15, 0.2) is 9.84 Å². The number of nitrogens with one attached hydrogen (secondary N) is 2. The van der Waals surface area contributed by atoms with Crippen LogP contribution in [0.15, 0.2) is 29.2 Å². The summed E-state index contributed by atoms with van der Waals surface area (Å²) in [5.41, 5.74) is 0.305. The molecule has 10 heteroatoms. The van der Waals surface area contributed by atoms with Crippen LogP contribution in [0.1, 0.15) is 13.8 Å². The first-order valence-corrected chi connectivity index (χ1v) is 10.5. The van der Waals surface area contributed by atoms with Gasteiger partial charge < -0.3 is 10.1 Å². The molecule has 0 aliphatic carbocycles. The third-order valence-corrected chi connectivity index (χ3v) is 6.32. The fraction of sp³-hybridized carbons (Fsp3) is 0.500. The van der Waals surface area contributed by atoms with Gasteiger partial charge in [0.1, 0.15) is 5.25 Å². The first-order chi connectivity index (χ1) is 11.0. The number of rotatable bonds is 8. The molecule has 1 amide bonds. The smallest absolute Gasteiger partial charge is 0.242 e. The number of hydrogen-bond acceptors (Lipinski definition) is 6. The van der Waals surface area contributed by atoms with Gasteiger partial charge in [-0.05, 0) is 38.1 Å². The molecule has 2 N–H and O–H groups in total. The van der Waals surface area contributed by atoms with E-state index in [2.05, 4.69) is 10.0 Å². The average molecular weight is 378 g/mol. The number of amides is 1. The Labute approximate surface area is 142 Å². The summed E-state index contributed by atoms with van der Waals surface area (Å²) < 4.78 is 54.3. The van der Waals surface area contributed by atoms with Gasteiger partial charge in [-0.3, -0.25) is 4.79 Å². The Bertz CT molecular complexity index is 772. The van der Waals surface area contributed by atoms with Crippen molar-refractivity contribution in [2.24, 2.45) is 0 Å². The largest absolute Gasteiger partial charge is 0.383 e. The van der Waals surface area contributed by atoms with E-state index in [9.17, 15) is 21.6 Å². The van der Waals surface area contributed by atoms with Gasteiger partial charge in [0.2, 0.25) is 15.9 Å². The third-order valence-electron chi connectivity index (χ3n) is 3.22. The highest BCUT2D eigenvalue weighted by molar-refractivity contribution is 7.92. The van der Waals surface area contributed by atoms with Crippen molar-refractivity contribution >= 4 is 31.5 Å². The number of sulfonamides is 1. The van der Waals surface area contributed by atoms with E-state index < -0.39 is 37.1 Å². The maximum atomic E-state index is 12.2. The molecule has 0 aromatic heterocycles. The molecular weight excluding hydrogens is 356 g/mol. The van der Waals surface area contributed by atoms with Gasteiger partial charge >= 0.3 is 0 Å². The SMILES string of the molecule is COCC(C)NS(=O)(=O)c1ccc(NC(=O)C(C)S(C)(=O)=O)cc1. The molecule has 1 aromatic carbocycles. The van der Waals surface area contributed by atoms with Gasteiger partial charge in [0, 0.05) is 25.1 Å². The van der Waals surface area contributed by atoms with Crippen molar-refractivity contribution in [3.05, 3.63) is 24.3 Å². The van der Waals surface area contributed by atoms with E-state index in [1.54, 1.807) is 6.92 Å². The van der Waals surface area contributed by atoms with Crippen LogP contribution in [-0.2, 0) is 29.4 Å². The number of carbonyl (C=O) groups is 1. The normalized spacial score (nSPS) is 14.8. The number of sulfone groups is 1. The molecule has 0 fully saturated rings. The van der Waals surface area contributed by atoms with E-state index in [0.29, 0.717) is 5.69 Å². The minimum Gasteiger partial charge on any atom is -0.383 e. The van der Waals surface area contributed by atoms with Crippen LogP contribution in [0.3, 0.4) is 0 Å². The molecule has 0 saturated heterocycles. The highest BCUT2D eigenvalue weighted by atomic mass is 32.2. The highest BCUT2D eigenvalue weighted by Crippen LogP contribution is 2.15. The molecule has 136 valence electrons. The van der Waals surface area contributed by atoms with Crippen molar-refractivity contribution in [2.45, 2.75) is 30.0 Å². The van der Waals surface area contributed by atoms with Crippen LogP contribution in [0, 0.1) is 0 Å². The molecule has 0 aliphatic heterocycles. The molecule has 24 heavy (non-hydrogen) atoms. The standard InChI is InChI=1S/C14H22N2O6S2/c1-10(9-22-3)16-24(20,21)13-7-5-12(6-8-13)15-14(17)11(2)23(4,18)19/h5-8,10-11,16H,9H2,1-4H3,(H,15,17). The van der Waals surface area contributed by atoms with Crippen molar-refractivity contribution in [3.8, 4) is 0 Å². The summed E-state index contributed by atoms with van der Waals surface area (Å²) >= 11 is 0. The molecule has 0 heterocycles. The minimum absolute atomic E-state index is 0.0274. The maximum absolute atomic E-state index is 12.2. The zero-order valence-corrected chi connectivity index (χ0v) is 15.6. The third kappa shape index (κ3) is 5.86. The Hall–Kier alpha value is -1.49. The van der Waals surface area contributed by atoms with E-state index in [4.69, 9.17) is 4.74 Å². The van der Waals surface area contributed by atoms with Crippen LogP contribution in [0.2, 0.25) is 0 Å². The first-order valence-electron chi connectivity index (χ1n) is 7.08. The summed E-state index contributed by atoms with van der Waals surface area (Å²) in [5.74, 6) is -0.681. The molecule has 0 bridgehead atoms. The van der Waals surface area contributed by atoms with Crippen molar-refractivity contribution in [2.75, 3.05) is 25.3 Å². The quantitative estimate of drug-likeness (QED) is 0.675. The van der Waals surface area contributed by atoms with Crippen LogP contribution in [0.5, 0.6) is 0 Å². The summed E-state index contributed by atoms with van der Waals surface area (Å²) in [6.45, 7) is 3.18. The molecule has 0 radical (unpaired) electrons. The second-order valence-electron chi connectivity index (χ2n) is 5.46. The van der Waals surface area contributed by atoms with E-state index in [-0.39, 0.29) is 11.5 Å².